The van der Waals surface area contributed by atoms with Gasteiger partial charge in [0, 0.05) is 11.3 Å². The van der Waals surface area contributed by atoms with Crippen LogP contribution in [0, 0.1) is 0 Å². The van der Waals surface area contributed by atoms with E-state index in [2.05, 4.69) is 10.6 Å². The number of primary amides is 1. The largest absolute Gasteiger partial charge is 0.480 e. The lowest BCUT2D eigenvalue weighted by Crippen LogP contribution is -2.53. The second-order valence-corrected chi connectivity index (χ2v) is 5.12. The van der Waals surface area contributed by atoms with Crippen LogP contribution in [0.15, 0.2) is 24.3 Å². The molecular weight excluding hydrogens is 274 g/mol. The van der Waals surface area contributed by atoms with Crippen molar-refractivity contribution in [1.82, 2.24) is 5.32 Å². The summed E-state index contributed by atoms with van der Waals surface area (Å²) < 4.78 is 0. The van der Waals surface area contributed by atoms with Gasteiger partial charge in [0.05, 0.1) is 0 Å². The molecule has 0 radical (unpaired) electrons. The zero-order valence-electron chi connectivity index (χ0n) is 11.4. The Bertz CT molecular complexity index is 579. The molecule has 7 heteroatoms. The summed E-state index contributed by atoms with van der Waals surface area (Å²) in [6.07, 6.45) is 2.36. The van der Waals surface area contributed by atoms with Crippen molar-refractivity contribution in [2.75, 3.05) is 5.32 Å². The number of hydrogen-bond acceptors (Lipinski definition) is 3. The molecule has 0 bridgehead atoms. The molecule has 0 aromatic heterocycles. The van der Waals surface area contributed by atoms with Crippen LogP contribution < -0.4 is 16.4 Å². The van der Waals surface area contributed by atoms with Crippen molar-refractivity contribution >= 4 is 23.6 Å². The molecule has 21 heavy (non-hydrogen) atoms. The molecule has 1 aromatic carbocycles. The first-order valence-corrected chi connectivity index (χ1v) is 6.65. The summed E-state index contributed by atoms with van der Waals surface area (Å²) in [4.78, 5) is 34.4. The molecule has 112 valence electrons. The Kier molecular flexibility index (Phi) is 4.11. The lowest BCUT2D eigenvalue weighted by atomic mass is 9.98. The number of benzene rings is 1. The van der Waals surface area contributed by atoms with E-state index in [0.717, 1.165) is 12.8 Å². The number of carbonyl (C=O) groups excluding carboxylic acids is 2. The van der Waals surface area contributed by atoms with Crippen molar-refractivity contribution in [3.63, 3.8) is 0 Å². The Morgan fingerprint density at radius 1 is 1.19 bits per heavy atom. The highest BCUT2D eigenvalue weighted by molar-refractivity contribution is 5.97. The molecular formula is C14H17N3O4. The Balaban J connectivity index is 2.06. The van der Waals surface area contributed by atoms with E-state index < -0.39 is 23.4 Å². The van der Waals surface area contributed by atoms with Crippen molar-refractivity contribution in [3.8, 4) is 0 Å². The normalized spacial score (nSPS) is 16.2. The fraction of sp³-hybridized carbons (Fsp3) is 0.357. The first-order valence-electron chi connectivity index (χ1n) is 6.65. The molecule has 0 spiro atoms. The first-order chi connectivity index (χ1) is 9.93. The standard InChI is InChI=1S/C14H17N3O4/c15-11(18)9-4-3-5-10(8-9)16-13(21)17-14(12(19)20)6-1-2-7-14/h3-5,8H,1-2,6-7H2,(H2,15,18)(H,19,20)(H2,16,17,21). The molecule has 1 aliphatic carbocycles. The molecule has 1 aromatic rings. The lowest BCUT2D eigenvalue weighted by Gasteiger charge is -2.25. The summed E-state index contributed by atoms with van der Waals surface area (Å²) in [5, 5.41) is 14.3. The maximum atomic E-state index is 12.0. The van der Waals surface area contributed by atoms with Gasteiger partial charge in [0.1, 0.15) is 5.54 Å². The highest BCUT2D eigenvalue weighted by atomic mass is 16.4. The van der Waals surface area contributed by atoms with Crippen molar-refractivity contribution in [3.05, 3.63) is 29.8 Å². The smallest absolute Gasteiger partial charge is 0.329 e. The van der Waals surface area contributed by atoms with E-state index in [4.69, 9.17) is 5.73 Å². The lowest BCUT2D eigenvalue weighted by molar-refractivity contribution is -0.144. The Morgan fingerprint density at radius 3 is 2.43 bits per heavy atom. The van der Waals surface area contributed by atoms with Gasteiger partial charge < -0.3 is 21.5 Å². The molecule has 1 saturated carbocycles. The average Bonchev–Trinajstić information content (AvgIpc) is 2.88. The monoisotopic (exact) mass is 291 g/mol. The van der Waals surface area contributed by atoms with Crippen LogP contribution >= 0.6 is 0 Å². The first kappa shape index (κ1) is 14.8. The van der Waals surface area contributed by atoms with Gasteiger partial charge in [-0.15, -0.1) is 0 Å². The van der Waals surface area contributed by atoms with Crippen LogP contribution in [-0.4, -0.2) is 28.6 Å². The molecule has 5 N–H and O–H groups in total. The van der Waals surface area contributed by atoms with Crippen LogP contribution in [0.3, 0.4) is 0 Å². The van der Waals surface area contributed by atoms with E-state index in [1.54, 1.807) is 12.1 Å². The second kappa shape index (κ2) is 5.82. The van der Waals surface area contributed by atoms with Crippen molar-refractivity contribution < 1.29 is 19.5 Å². The minimum atomic E-state index is -1.20. The number of hydrogen-bond donors (Lipinski definition) is 4. The number of nitrogens with two attached hydrogens (primary N) is 1. The predicted octanol–water partition coefficient (Wildman–Crippen LogP) is 1.30. The quantitative estimate of drug-likeness (QED) is 0.668. The van der Waals surface area contributed by atoms with E-state index in [0.29, 0.717) is 18.5 Å². The van der Waals surface area contributed by atoms with E-state index in [1.165, 1.54) is 12.1 Å². The Morgan fingerprint density at radius 2 is 1.86 bits per heavy atom. The predicted molar refractivity (Wildman–Crippen MR) is 75.9 cm³/mol. The van der Waals surface area contributed by atoms with Gasteiger partial charge in [-0.1, -0.05) is 18.9 Å². The fourth-order valence-electron chi connectivity index (χ4n) is 2.50. The number of carboxylic acid groups (broad SMARTS) is 1. The molecule has 0 heterocycles. The van der Waals surface area contributed by atoms with Crippen LogP contribution in [0.25, 0.3) is 0 Å². The van der Waals surface area contributed by atoms with Gasteiger partial charge in [0.25, 0.3) is 0 Å². The number of urea groups is 1. The number of carboxylic acids is 1. The third-order valence-corrected chi connectivity index (χ3v) is 3.62. The molecule has 0 saturated heterocycles. The molecule has 7 nitrogen and oxygen atoms in total. The van der Waals surface area contributed by atoms with E-state index in [1.807, 2.05) is 0 Å². The van der Waals surface area contributed by atoms with Crippen LogP contribution in [0.1, 0.15) is 36.0 Å². The molecule has 1 aliphatic rings. The van der Waals surface area contributed by atoms with Crippen molar-refractivity contribution in [1.29, 1.82) is 0 Å². The van der Waals surface area contributed by atoms with E-state index in [-0.39, 0.29) is 5.56 Å². The zero-order valence-corrected chi connectivity index (χ0v) is 11.4. The van der Waals surface area contributed by atoms with Crippen LogP contribution in [0.5, 0.6) is 0 Å². The Hall–Kier alpha value is -2.57. The SMILES string of the molecule is NC(=O)c1cccc(NC(=O)NC2(C(=O)O)CCCC2)c1. The van der Waals surface area contributed by atoms with E-state index >= 15 is 0 Å². The number of nitrogens with one attached hydrogen (secondary N) is 2. The van der Waals surface area contributed by atoms with Crippen LogP contribution in [0.4, 0.5) is 10.5 Å². The molecule has 0 aliphatic heterocycles. The minimum absolute atomic E-state index is 0.265. The maximum absolute atomic E-state index is 12.0. The summed E-state index contributed by atoms with van der Waals surface area (Å²) in [6.45, 7) is 0. The van der Waals surface area contributed by atoms with E-state index in [9.17, 15) is 19.5 Å². The third kappa shape index (κ3) is 3.31. The topological polar surface area (TPSA) is 122 Å². The van der Waals surface area contributed by atoms with Gasteiger partial charge in [0.15, 0.2) is 0 Å². The number of anilines is 1. The van der Waals surface area contributed by atoms with Gasteiger partial charge >= 0.3 is 12.0 Å². The highest BCUT2D eigenvalue weighted by Crippen LogP contribution is 2.30. The van der Waals surface area contributed by atoms with Gasteiger partial charge in [0.2, 0.25) is 5.91 Å². The summed E-state index contributed by atoms with van der Waals surface area (Å²) in [6, 6.07) is 5.53. The van der Waals surface area contributed by atoms with Gasteiger partial charge in [-0.3, -0.25) is 4.79 Å². The summed E-state index contributed by atoms with van der Waals surface area (Å²) in [7, 11) is 0. The summed E-state index contributed by atoms with van der Waals surface area (Å²) in [5.74, 6) is -1.63. The minimum Gasteiger partial charge on any atom is -0.480 e. The van der Waals surface area contributed by atoms with Crippen molar-refractivity contribution in [2.24, 2.45) is 5.73 Å². The van der Waals surface area contributed by atoms with Gasteiger partial charge in [-0.25, -0.2) is 9.59 Å². The third-order valence-electron chi connectivity index (χ3n) is 3.62. The summed E-state index contributed by atoms with van der Waals surface area (Å²) in [5.41, 5.74) is 4.60. The maximum Gasteiger partial charge on any atom is 0.329 e. The number of aliphatic carboxylic acids is 1. The average molecular weight is 291 g/mol. The Labute approximate surface area is 121 Å². The fourth-order valence-corrected chi connectivity index (χ4v) is 2.50. The highest BCUT2D eigenvalue weighted by Gasteiger charge is 2.42. The molecule has 2 rings (SSSR count). The van der Waals surface area contributed by atoms with Crippen molar-refractivity contribution in [2.45, 2.75) is 31.2 Å². The number of carbonyl (C=O) groups is 3. The van der Waals surface area contributed by atoms with Crippen LogP contribution in [-0.2, 0) is 4.79 Å². The van der Waals surface area contributed by atoms with Gasteiger partial charge in [-0.05, 0) is 31.0 Å². The molecule has 0 unspecified atom stereocenters. The number of amides is 3. The molecule has 3 amide bonds. The molecule has 1 fully saturated rings. The second-order valence-electron chi connectivity index (χ2n) is 5.12. The number of rotatable bonds is 4. The van der Waals surface area contributed by atoms with Crippen LogP contribution in [0.2, 0.25) is 0 Å². The summed E-state index contributed by atoms with van der Waals surface area (Å²) >= 11 is 0. The molecule has 0 atom stereocenters. The van der Waals surface area contributed by atoms with Gasteiger partial charge in [-0.2, -0.15) is 0 Å². The zero-order chi connectivity index (χ0) is 15.5.